The Bertz CT molecular complexity index is 979. The number of carbonyl (C=O) groups excluding carboxylic acids is 1. The maximum Gasteiger partial charge on any atom is 0.357 e. The second kappa shape index (κ2) is 8.41. The third kappa shape index (κ3) is 4.32. The molecule has 0 aliphatic carbocycles. The first-order valence-corrected chi connectivity index (χ1v) is 9.75. The quantitative estimate of drug-likeness (QED) is 0.491. The Morgan fingerprint density at radius 3 is 2.82 bits per heavy atom. The number of hydrogen-bond donors (Lipinski definition) is 4. The second-order valence-electron chi connectivity index (χ2n) is 5.48. The number of nitrogens with one attached hydrogen (secondary N) is 2. The highest BCUT2D eigenvalue weighted by Crippen LogP contribution is 2.34. The van der Waals surface area contributed by atoms with Crippen molar-refractivity contribution in [3.05, 3.63) is 35.2 Å². The van der Waals surface area contributed by atoms with E-state index in [1.165, 1.54) is 17.6 Å². The van der Waals surface area contributed by atoms with E-state index in [9.17, 15) is 22.7 Å². The molecule has 13 heteroatoms. The molecule has 1 amide bonds. The van der Waals surface area contributed by atoms with Crippen LogP contribution >= 0.6 is 11.3 Å². The number of carboxylic acid groups (broad SMARTS) is 1. The van der Waals surface area contributed by atoms with Crippen LogP contribution in [-0.2, 0) is 16.1 Å². The predicted octanol–water partition coefficient (Wildman–Crippen LogP) is 1.59. The van der Waals surface area contributed by atoms with Gasteiger partial charge in [0.25, 0.3) is 11.3 Å². The molecule has 0 saturated heterocycles. The third-order valence-electron chi connectivity index (χ3n) is 3.62. The normalized spacial score (nSPS) is 14.1. The molecule has 0 fully saturated rings. The van der Waals surface area contributed by atoms with Crippen molar-refractivity contribution in [2.45, 2.75) is 6.42 Å². The fraction of sp³-hybridized carbons (Fsp3) is 0.200. The number of halogens is 1. The van der Waals surface area contributed by atoms with Crippen LogP contribution in [0.15, 0.2) is 28.7 Å². The van der Waals surface area contributed by atoms with Gasteiger partial charge in [-0.2, -0.15) is 0 Å². The zero-order chi connectivity index (χ0) is 20.3. The number of anilines is 3. The lowest BCUT2D eigenvalue weighted by atomic mass is 10.2. The summed E-state index contributed by atoms with van der Waals surface area (Å²) in [5.74, 6) is -2.20. The highest BCUT2D eigenvalue weighted by atomic mass is 32.2. The molecule has 3 rings (SSSR count). The lowest BCUT2D eigenvalue weighted by Crippen LogP contribution is -2.25. The minimum atomic E-state index is -2.68. The fourth-order valence-corrected chi connectivity index (χ4v) is 4.01. The molecule has 1 aliphatic heterocycles. The van der Waals surface area contributed by atoms with Gasteiger partial charge in [0.15, 0.2) is 5.69 Å². The van der Waals surface area contributed by atoms with Gasteiger partial charge in [0.2, 0.25) is 5.91 Å². The van der Waals surface area contributed by atoms with Crippen LogP contribution in [0.3, 0.4) is 0 Å². The summed E-state index contributed by atoms with van der Waals surface area (Å²) in [6.45, 7) is 1.23. The Morgan fingerprint density at radius 1 is 1.43 bits per heavy atom. The Kier molecular flexibility index (Phi) is 5.96. The Labute approximate surface area is 164 Å². The van der Waals surface area contributed by atoms with Crippen LogP contribution in [0.2, 0.25) is 0 Å². The van der Waals surface area contributed by atoms with Crippen molar-refractivity contribution in [2.75, 3.05) is 22.7 Å². The number of amides is 1. The number of nitrogens with zero attached hydrogens (tertiary/aromatic N) is 3. The van der Waals surface area contributed by atoms with Gasteiger partial charge in [0, 0.05) is 12.6 Å². The Morgan fingerprint density at radius 2 is 2.21 bits per heavy atom. The standard InChI is InChI=1S/C15H14FN5O5S2/c16-9-5-8(21(28(25)26)14-13(15(23)24)19-7-27-14)1-2-10(9)20-12(22)6-11-17-3-4-18-11/h1-2,5,7H,3-4,6H2,(H,17,18)(H,20,22)(H,23,24)(H,25,26). The van der Waals surface area contributed by atoms with Gasteiger partial charge >= 0.3 is 5.97 Å². The average Bonchev–Trinajstić information content (AvgIpc) is 3.29. The molecule has 0 bridgehead atoms. The highest BCUT2D eigenvalue weighted by molar-refractivity contribution is 7.81. The summed E-state index contributed by atoms with van der Waals surface area (Å²) in [6.07, 6.45) is -0.0309. The van der Waals surface area contributed by atoms with E-state index in [4.69, 9.17) is 5.11 Å². The van der Waals surface area contributed by atoms with Gasteiger partial charge in [-0.05, 0) is 12.1 Å². The first kappa shape index (κ1) is 19.9. The van der Waals surface area contributed by atoms with Crippen LogP contribution in [0, 0.1) is 5.82 Å². The number of hydrogen-bond acceptors (Lipinski definition) is 7. The molecule has 1 aromatic carbocycles. The lowest BCUT2D eigenvalue weighted by Gasteiger charge is -2.19. The number of rotatable bonds is 7. The van der Waals surface area contributed by atoms with Crippen LogP contribution in [0.4, 0.5) is 20.8 Å². The molecule has 148 valence electrons. The molecular formula is C15H14FN5O5S2. The van der Waals surface area contributed by atoms with Crippen molar-refractivity contribution in [2.24, 2.45) is 4.99 Å². The topological polar surface area (TPSA) is 144 Å². The van der Waals surface area contributed by atoms with Gasteiger partial charge in [0.1, 0.15) is 16.7 Å². The van der Waals surface area contributed by atoms with E-state index < -0.39 is 34.7 Å². The van der Waals surface area contributed by atoms with E-state index in [1.54, 1.807) is 0 Å². The molecule has 0 spiro atoms. The first-order chi connectivity index (χ1) is 13.4. The van der Waals surface area contributed by atoms with Gasteiger partial charge in [-0.15, -0.1) is 11.3 Å². The largest absolute Gasteiger partial charge is 0.476 e. The van der Waals surface area contributed by atoms with Crippen molar-refractivity contribution in [3.8, 4) is 0 Å². The number of aromatic carboxylic acids is 1. The SMILES string of the molecule is O=C(CC1=NCCN1)Nc1ccc(N(c2scnc2C(=O)O)S(=O)O)cc1F. The van der Waals surface area contributed by atoms with Crippen molar-refractivity contribution in [1.29, 1.82) is 0 Å². The molecule has 2 heterocycles. The maximum atomic E-state index is 14.5. The molecule has 4 N–H and O–H groups in total. The van der Waals surface area contributed by atoms with E-state index in [0.717, 1.165) is 21.7 Å². The maximum absolute atomic E-state index is 14.5. The summed E-state index contributed by atoms with van der Waals surface area (Å²) in [7, 11) is 0. The molecule has 1 atom stereocenters. The number of carbonyl (C=O) groups is 2. The fourth-order valence-electron chi connectivity index (χ4n) is 2.45. The first-order valence-electron chi connectivity index (χ1n) is 7.81. The Hall–Kier alpha value is -2.90. The molecule has 1 unspecified atom stereocenters. The van der Waals surface area contributed by atoms with Gasteiger partial charge in [-0.3, -0.25) is 14.3 Å². The van der Waals surface area contributed by atoms with Crippen LogP contribution in [0.5, 0.6) is 0 Å². The monoisotopic (exact) mass is 427 g/mol. The van der Waals surface area contributed by atoms with Crippen molar-refractivity contribution in [1.82, 2.24) is 10.3 Å². The molecule has 2 aromatic rings. The summed E-state index contributed by atoms with van der Waals surface area (Å²) in [4.78, 5) is 30.9. The summed E-state index contributed by atoms with van der Waals surface area (Å²) in [5.41, 5.74) is 0.558. The second-order valence-corrected chi connectivity index (χ2v) is 7.14. The summed E-state index contributed by atoms with van der Waals surface area (Å²) in [6, 6.07) is 3.41. The molecule has 1 aliphatic rings. The van der Waals surface area contributed by atoms with Crippen molar-refractivity contribution >= 4 is 56.7 Å². The highest BCUT2D eigenvalue weighted by Gasteiger charge is 2.25. The number of benzene rings is 1. The van der Waals surface area contributed by atoms with E-state index in [-0.39, 0.29) is 22.8 Å². The zero-order valence-corrected chi connectivity index (χ0v) is 15.7. The van der Waals surface area contributed by atoms with Gasteiger partial charge in [-0.1, -0.05) is 0 Å². The van der Waals surface area contributed by atoms with Crippen LogP contribution in [-0.4, -0.2) is 49.7 Å². The molecule has 0 radical (unpaired) electrons. The van der Waals surface area contributed by atoms with Gasteiger partial charge in [0.05, 0.1) is 29.9 Å². The minimum Gasteiger partial charge on any atom is -0.476 e. The van der Waals surface area contributed by atoms with E-state index in [1.807, 2.05) is 0 Å². The minimum absolute atomic E-state index is 0.0309. The van der Waals surface area contributed by atoms with Gasteiger partial charge < -0.3 is 15.7 Å². The van der Waals surface area contributed by atoms with Crippen LogP contribution in [0.1, 0.15) is 16.9 Å². The molecule has 28 heavy (non-hydrogen) atoms. The summed E-state index contributed by atoms with van der Waals surface area (Å²) in [5, 5.41) is 14.3. The number of aliphatic imine (C=N–C) groups is 1. The molecular weight excluding hydrogens is 413 g/mol. The number of thiazole rings is 1. The molecule has 1 aromatic heterocycles. The molecule has 0 saturated carbocycles. The van der Waals surface area contributed by atoms with Gasteiger partial charge in [-0.25, -0.2) is 22.7 Å². The van der Waals surface area contributed by atoms with E-state index in [0.29, 0.717) is 18.9 Å². The summed E-state index contributed by atoms with van der Waals surface area (Å²) < 4.78 is 36.5. The van der Waals surface area contributed by atoms with E-state index in [2.05, 4.69) is 20.6 Å². The van der Waals surface area contributed by atoms with E-state index >= 15 is 0 Å². The number of carboxylic acids is 1. The number of aromatic nitrogens is 1. The third-order valence-corrected chi connectivity index (χ3v) is 5.26. The van der Waals surface area contributed by atoms with Crippen LogP contribution < -0.4 is 14.9 Å². The number of amidine groups is 1. The zero-order valence-electron chi connectivity index (χ0n) is 14.1. The summed E-state index contributed by atoms with van der Waals surface area (Å²) >= 11 is -1.86. The average molecular weight is 427 g/mol. The molecule has 10 nitrogen and oxygen atoms in total. The Balaban J connectivity index is 1.83. The smallest absolute Gasteiger partial charge is 0.357 e. The predicted molar refractivity (Wildman–Crippen MR) is 102 cm³/mol. The van der Waals surface area contributed by atoms with Crippen molar-refractivity contribution < 1.29 is 27.8 Å². The van der Waals surface area contributed by atoms with Crippen LogP contribution in [0.25, 0.3) is 0 Å². The van der Waals surface area contributed by atoms with Crippen molar-refractivity contribution in [3.63, 3.8) is 0 Å². The lowest BCUT2D eigenvalue weighted by molar-refractivity contribution is -0.115.